The molecule has 0 saturated heterocycles. The molecule has 0 amide bonds. The Hall–Kier alpha value is -3.38. The van der Waals surface area contributed by atoms with Gasteiger partial charge in [-0.3, -0.25) is 4.79 Å². The van der Waals surface area contributed by atoms with Crippen molar-refractivity contribution in [2.45, 2.75) is 31.8 Å². The van der Waals surface area contributed by atoms with Crippen LogP contribution in [0.15, 0.2) is 60.7 Å². The molecule has 1 aromatic heterocycles. The molecule has 33 heavy (non-hydrogen) atoms. The largest absolute Gasteiger partial charge is 0.508 e. The standard InChI is InChI=1S/C27H23FO4S/c1-31-23-12-9-16(14-22(23)28)25-21-11-10-18(29)15-24(21)33-27(25)26(30)17-5-4-8-20(13-17)32-19-6-2-3-7-19/h4-5,8-15,19,29H,2-3,6-7H2,1H3. The number of thiophene rings is 1. The van der Waals surface area contributed by atoms with E-state index in [0.717, 1.165) is 22.9 Å². The van der Waals surface area contributed by atoms with Crippen molar-refractivity contribution >= 4 is 27.2 Å². The molecule has 0 spiro atoms. The van der Waals surface area contributed by atoms with Gasteiger partial charge in [0.25, 0.3) is 0 Å². The fraction of sp³-hybridized carbons (Fsp3) is 0.222. The predicted molar refractivity (Wildman–Crippen MR) is 128 cm³/mol. The average molecular weight is 463 g/mol. The van der Waals surface area contributed by atoms with E-state index in [1.165, 1.54) is 37.4 Å². The van der Waals surface area contributed by atoms with Crippen LogP contribution in [0.1, 0.15) is 40.9 Å². The van der Waals surface area contributed by atoms with E-state index in [0.29, 0.717) is 27.3 Å². The van der Waals surface area contributed by atoms with E-state index in [1.807, 2.05) is 12.1 Å². The Labute approximate surface area is 195 Å². The number of ether oxygens (including phenoxy) is 2. The molecule has 0 bridgehead atoms. The molecular formula is C27H23FO4S. The van der Waals surface area contributed by atoms with Gasteiger partial charge in [-0.2, -0.15) is 0 Å². The lowest BCUT2D eigenvalue weighted by Crippen LogP contribution is -2.11. The maximum atomic E-state index is 14.5. The predicted octanol–water partition coefficient (Wildman–Crippen LogP) is 6.97. The van der Waals surface area contributed by atoms with Crippen LogP contribution in [0.4, 0.5) is 4.39 Å². The van der Waals surface area contributed by atoms with Gasteiger partial charge < -0.3 is 14.6 Å². The van der Waals surface area contributed by atoms with Crippen LogP contribution in [-0.2, 0) is 0 Å². The lowest BCUT2D eigenvalue weighted by Gasteiger charge is -2.13. The van der Waals surface area contributed by atoms with E-state index in [4.69, 9.17) is 9.47 Å². The summed E-state index contributed by atoms with van der Waals surface area (Å²) in [5.41, 5.74) is 1.73. The fourth-order valence-corrected chi connectivity index (χ4v) is 5.61. The van der Waals surface area contributed by atoms with Crippen molar-refractivity contribution in [3.8, 4) is 28.4 Å². The van der Waals surface area contributed by atoms with Crippen molar-refractivity contribution in [2.75, 3.05) is 7.11 Å². The third kappa shape index (κ3) is 4.18. The van der Waals surface area contributed by atoms with Gasteiger partial charge in [-0.1, -0.05) is 18.2 Å². The highest BCUT2D eigenvalue weighted by molar-refractivity contribution is 7.21. The number of methoxy groups -OCH3 is 1. The van der Waals surface area contributed by atoms with Crippen LogP contribution in [0.5, 0.6) is 17.2 Å². The Morgan fingerprint density at radius 3 is 2.64 bits per heavy atom. The minimum atomic E-state index is -0.501. The topological polar surface area (TPSA) is 55.8 Å². The maximum Gasteiger partial charge on any atom is 0.203 e. The molecular weight excluding hydrogens is 439 g/mol. The van der Waals surface area contributed by atoms with Crippen molar-refractivity contribution < 1.29 is 23.8 Å². The van der Waals surface area contributed by atoms with E-state index in [2.05, 4.69) is 0 Å². The van der Waals surface area contributed by atoms with Crippen molar-refractivity contribution in [3.63, 3.8) is 0 Å². The van der Waals surface area contributed by atoms with Gasteiger partial charge in [0, 0.05) is 21.2 Å². The number of phenols is 1. The summed E-state index contributed by atoms with van der Waals surface area (Å²) in [6.45, 7) is 0. The van der Waals surface area contributed by atoms with E-state index in [-0.39, 0.29) is 23.4 Å². The Bertz CT molecular complexity index is 1340. The zero-order chi connectivity index (χ0) is 22.9. The van der Waals surface area contributed by atoms with Gasteiger partial charge in [0.05, 0.1) is 18.1 Å². The zero-order valence-electron chi connectivity index (χ0n) is 18.1. The monoisotopic (exact) mass is 462 g/mol. The molecule has 6 heteroatoms. The molecule has 4 aromatic rings. The van der Waals surface area contributed by atoms with Crippen LogP contribution < -0.4 is 9.47 Å². The second-order valence-electron chi connectivity index (χ2n) is 8.22. The average Bonchev–Trinajstić information content (AvgIpc) is 3.46. The Balaban J connectivity index is 1.60. The number of halogens is 1. The van der Waals surface area contributed by atoms with Crippen LogP contribution in [0.3, 0.4) is 0 Å². The van der Waals surface area contributed by atoms with Gasteiger partial charge in [-0.05, 0) is 73.7 Å². The summed E-state index contributed by atoms with van der Waals surface area (Å²) in [6.07, 6.45) is 4.59. The van der Waals surface area contributed by atoms with Crippen LogP contribution in [0.25, 0.3) is 21.2 Å². The highest BCUT2D eigenvalue weighted by Gasteiger charge is 2.23. The molecule has 1 N–H and O–H groups in total. The molecule has 0 radical (unpaired) electrons. The number of phenolic OH excluding ortho intramolecular Hbond substituents is 1. The van der Waals surface area contributed by atoms with E-state index in [1.54, 1.807) is 42.5 Å². The summed E-state index contributed by atoms with van der Waals surface area (Å²) in [5.74, 6) is 0.267. The number of rotatable bonds is 6. The first-order chi connectivity index (χ1) is 16.0. The summed E-state index contributed by atoms with van der Waals surface area (Å²) in [4.78, 5) is 14.2. The molecule has 0 atom stereocenters. The number of hydrogen-bond acceptors (Lipinski definition) is 5. The third-order valence-electron chi connectivity index (χ3n) is 6.02. The maximum absolute atomic E-state index is 14.5. The molecule has 3 aromatic carbocycles. The highest BCUT2D eigenvalue weighted by Crippen LogP contribution is 2.42. The van der Waals surface area contributed by atoms with Crippen LogP contribution in [0.2, 0.25) is 0 Å². The minimum absolute atomic E-state index is 0.113. The molecule has 4 nitrogen and oxygen atoms in total. The lowest BCUT2D eigenvalue weighted by molar-refractivity contribution is 0.104. The van der Waals surface area contributed by atoms with Gasteiger partial charge in [-0.15, -0.1) is 11.3 Å². The number of benzene rings is 3. The van der Waals surface area contributed by atoms with Gasteiger partial charge in [0.1, 0.15) is 11.5 Å². The van der Waals surface area contributed by atoms with Crippen molar-refractivity contribution in [2.24, 2.45) is 0 Å². The van der Waals surface area contributed by atoms with E-state index < -0.39 is 5.82 Å². The molecule has 1 aliphatic rings. The summed E-state index contributed by atoms with van der Waals surface area (Å²) in [7, 11) is 1.41. The van der Waals surface area contributed by atoms with Gasteiger partial charge in [-0.25, -0.2) is 4.39 Å². The quantitative estimate of drug-likeness (QED) is 0.314. The molecule has 5 rings (SSSR count). The molecule has 1 heterocycles. The zero-order valence-corrected chi connectivity index (χ0v) is 19.0. The van der Waals surface area contributed by atoms with Crippen molar-refractivity contribution in [1.29, 1.82) is 0 Å². The molecule has 1 saturated carbocycles. The van der Waals surface area contributed by atoms with Crippen molar-refractivity contribution in [1.82, 2.24) is 0 Å². The Morgan fingerprint density at radius 2 is 1.88 bits per heavy atom. The fourth-order valence-electron chi connectivity index (χ4n) is 4.39. The summed E-state index contributed by atoms with van der Waals surface area (Å²) >= 11 is 1.29. The molecule has 168 valence electrons. The second kappa shape index (κ2) is 8.87. The summed E-state index contributed by atoms with van der Waals surface area (Å²) in [5, 5.41) is 10.8. The van der Waals surface area contributed by atoms with Crippen LogP contribution >= 0.6 is 11.3 Å². The molecule has 1 fully saturated rings. The van der Waals surface area contributed by atoms with Crippen molar-refractivity contribution in [3.05, 3.63) is 76.9 Å². The molecule has 0 aliphatic heterocycles. The summed E-state index contributed by atoms with van der Waals surface area (Å²) < 4.78 is 26.4. The first-order valence-electron chi connectivity index (χ1n) is 10.9. The first kappa shape index (κ1) is 21.5. The molecule has 1 aliphatic carbocycles. The smallest absolute Gasteiger partial charge is 0.203 e. The third-order valence-corrected chi connectivity index (χ3v) is 7.17. The first-order valence-corrected chi connectivity index (χ1v) is 11.8. The number of carbonyl (C=O) groups excluding carboxylic acids is 1. The molecule has 0 unspecified atom stereocenters. The van der Waals surface area contributed by atoms with Gasteiger partial charge >= 0.3 is 0 Å². The second-order valence-corrected chi connectivity index (χ2v) is 9.27. The van der Waals surface area contributed by atoms with Gasteiger partial charge in [0.2, 0.25) is 5.78 Å². The van der Waals surface area contributed by atoms with Crippen LogP contribution in [0, 0.1) is 5.82 Å². The van der Waals surface area contributed by atoms with Gasteiger partial charge in [0.15, 0.2) is 11.6 Å². The number of carbonyl (C=O) groups is 1. The van der Waals surface area contributed by atoms with Crippen LogP contribution in [-0.4, -0.2) is 24.1 Å². The van der Waals surface area contributed by atoms with E-state index in [9.17, 15) is 14.3 Å². The number of hydrogen-bond donors (Lipinski definition) is 1. The van der Waals surface area contributed by atoms with E-state index >= 15 is 0 Å². The summed E-state index contributed by atoms with van der Waals surface area (Å²) in [6, 6.07) is 16.9. The highest BCUT2D eigenvalue weighted by atomic mass is 32.1. The number of fused-ring (bicyclic) bond motifs is 1. The number of aromatic hydroxyl groups is 1. The Kier molecular flexibility index (Phi) is 5.77. The normalized spacial score (nSPS) is 14.0. The SMILES string of the molecule is COc1ccc(-c2c(C(=O)c3cccc(OC4CCCC4)c3)sc3cc(O)ccc23)cc1F. The Morgan fingerprint density at radius 1 is 1.06 bits per heavy atom. The minimum Gasteiger partial charge on any atom is -0.508 e. The number of ketones is 1. The lowest BCUT2D eigenvalue weighted by atomic mass is 9.98.